The summed E-state index contributed by atoms with van der Waals surface area (Å²) in [6, 6.07) is 16.2. The number of amides is 1. The van der Waals surface area contributed by atoms with Gasteiger partial charge in [-0.1, -0.05) is 101 Å². The van der Waals surface area contributed by atoms with Crippen molar-refractivity contribution in [2.75, 3.05) is 32.8 Å². The largest absolute Gasteiger partial charge is 0.739 e. The van der Waals surface area contributed by atoms with Crippen LogP contribution in [0, 0.1) is 0 Å². The standard InChI is InChI=1S/C23H42NO2.C7H7NO4S2/c1-2-3-4-5-6-7-8-9-10-14-17-24(18-20-25,19-21-26)22-23-15-12-11-13-16-23;8-7(9)5-3-1-2-4-6(5)13-14(10,11)12/h11-13,15-16,25-26H,2-10,14,17-22H2,1H3;1-4H,(H2,8,9)(H,10,11,12)/q+1;/p-1. The van der Waals surface area contributed by atoms with E-state index in [0.717, 1.165) is 30.7 Å². The molecule has 8 nitrogen and oxygen atoms in total. The van der Waals surface area contributed by atoms with Gasteiger partial charge in [0.25, 0.3) is 0 Å². The van der Waals surface area contributed by atoms with E-state index < -0.39 is 15.1 Å². The summed E-state index contributed by atoms with van der Waals surface area (Å²) in [5.41, 5.74) is 6.30. The van der Waals surface area contributed by atoms with Gasteiger partial charge >= 0.3 is 0 Å². The molecule has 0 saturated heterocycles. The SMILES string of the molecule is CCCCCCCCCCCC[N+](CCO)(CCO)Cc1ccccc1.NC(=O)c1ccccc1SS(=O)(=O)[O-]. The third-order valence-electron chi connectivity index (χ3n) is 6.84. The Morgan fingerprint density at radius 1 is 0.800 bits per heavy atom. The van der Waals surface area contributed by atoms with Crippen molar-refractivity contribution < 1.29 is 32.5 Å². The minimum atomic E-state index is -4.47. The van der Waals surface area contributed by atoms with Gasteiger partial charge in [0.05, 0.1) is 25.3 Å². The van der Waals surface area contributed by atoms with E-state index in [1.165, 1.54) is 94.0 Å². The summed E-state index contributed by atoms with van der Waals surface area (Å²) in [6.07, 6.45) is 13.4. The fraction of sp³-hybridized carbons (Fsp3) is 0.567. The lowest BCUT2D eigenvalue weighted by molar-refractivity contribution is -0.941. The summed E-state index contributed by atoms with van der Waals surface area (Å²) < 4.78 is 32.1. The first-order valence-electron chi connectivity index (χ1n) is 14.3. The van der Waals surface area contributed by atoms with E-state index in [4.69, 9.17) is 5.73 Å². The molecule has 10 heteroatoms. The van der Waals surface area contributed by atoms with Crippen LogP contribution in [0.25, 0.3) is 0 Å². The highest BCUT2D eigenvalue weighted by Gasteiger charge is 2.26. The first kappa shape index (κ1) is 36.1. The molecule has 0 aromatic heterocycles. The summed E-state index contributed by atoms with van der Waals surface area (Å²) in [5, 5.41) is 19.1. The lowest BCUT2D eigenvalue weighted by Crippen LogP contribution is -2.51. The average molecular weight is 597 g/mol. The van der Waals surface area contributed by atoms with E-state index >= 15 is 0 Å². The van der Waals surface area contributed by atoms with Crippen LogP contribution in [0.5, 0.6) is 0 Å². The molecule has 0 aliphatic rings. The zero-order valence-electron chi connectivity index (χ0n) is 23.9. The van der Waals surface area contributed by atoms with Crippen LogP contribution >= 0.6 is 10.8 Å². The number of hydrogen-bond donors (Lipinski definition) is 3. The smallest absolute Gasteiger partial charge is 0.249 e. The van der Waals surface area contributed by atoms with Gasteiger partial charge in [-0.3, -0.25) is 4.79 Å². The number of aliphatic hydroxyl groups excluding tert-OH is 2. The molecule has 0 spiro atoms. The maximum absolute atomic E-state index is 10.8. The van der Waals surface area contributed by atoms with Gasteiger partial charge in [-0.15, -0.1) is 0 Å². The number of unbranched alkanes of at least 4 members (excludes halogenated alkanes) is 9. The fourth-order valence-electron chi connectivity index (χ4n) is 4.76. The molecule has 0 fully saturated rings. The van der Waals surface area contributed by atoms with Crippen LogP contribution < -0.4 is 5.73 Å². The molecular weight excluding hydrogens is 548 g/mol. The van der Waals surface area contributed by atoms with Crippen molar-refractivity contribution in [3.8, 4) is 0 Å². The van der Waals surface area contributed by atoms with Crippen LogP contribution in [-0.2, 0) is 15.7 Å². The number of quaternary nitrogens is 1. The summed E-state index contributed by atoms with van der Waals surface area (Å²) in [5.74, 6) is -0.767. The highest BCUT2D eigenvalue weighted by atomic mass is 33.1. The summed E-state index contributed by atoms with van der Waals surface area (Å²) in [7, 11) is -4.40. The van der Waals surface area contributed by atoms with Crippen molar-refractivity contribution in [2.24, 2.45) is 5.73 Å². The molecule has 0 radical (unpaired) electrons. The Hall–Kier alpha value is -1.95. The van der Waals surface area contributed by atoms with Crippen LogP contribution in [0.2, 0.25) is 0 Å². The minimum absolute atomic E-state index is 0.0249. The summed E-state index contributed by atoms with van der Waals surface area (Å²) in [4.78, 5) is 10.9. The third-order valence-corrected chi connectivity index (χ3v) is 8.73. The molecule has 40 heavy (non-hydrogen) atoms. The van der Waals surface area contributed by atoms with E-state index in [1.807, 2.05) is 6.07 Å². The van der Waals surface area contributed by atoms with Crippen molar-refractivity contribution in [1.82, 2.24) is 0 Å². The van der Waals surface area contributed by atoms with Crippen LogP contribution in [0.15, 0.2) is 59.5 Å². The van der Waals surface area contributed by atoms with E-state index in [0.29, 0.717) is 0 Å². The van der Waals surface area contributed by atoms with Crippen molar-refractivity contribution in [3.05, 3.63) is 65.7 Å². The van der Waals surface area contributed by atoms with Gasteiger partial charge < -0.3 is 25.0 Å². The van der Waals surface area contributed by atoms with E-state index in [2.05, 4.69) is 31.2 Å². The van der Waals surface area contributed by atoms with Crippen molar-refractivity contribution in [3.63, 3.8) is 0 Å². The topological polar surface area (TPSA) is 141 Å². The van der Waals surface area contributed by atoms with Crippen LogP contribution in [0.4, 0.5) is 0 Å². The molecule has 0 unspecified atom stereocenters. The number of nitrogens with two attached hydrogens (primary N) is 1. The van der Waals surface area contributed by atoms with E-state index in [1.54, 1.807) is 0 Å². The van der Waals surface area contributed by atoms with E-state index in [9.17, 15) is 28.0 Å². The number of aliphatic hydroxyl groups is 2. The fourth-order valence-corrected chi connectivity index (χ4v) is 6.46. The molecule has 2 rings (SSSR count). The second-order valence-electron chi connectivity index (χ2n) is 10.1. The maximum Gasteiger partial charge on any atom is 0.249 e. The van der Waals surface area contributed by atoms with Crippen molar-refractivity contribution in [2.45, 2.75) is 82.6 Å². The molecule has 2 aromatic carbocycles. The monoisotopic (exact) mass is 596 g/mol. The summed E-state index contributed by atoms with van der Waals surface area (Å²) >= 11 is 0. The number of carbonyl (C=O) groups excluding carboxylic acids is 1. The number of nitrogens with zero attached hydrogens (tertiary/aromatic N) is 1. The summed E-state index contributed by atoms with van der Waals surface area (Å²) in [6.45, 7) is 6.05. The predicted octanol–water partition coefficient (Wildman–Crippen LogP) is 5.25. The molecule has 226 valence electrons. The normalized spacial score (nSPS) is 11.6. The van der Waals surface area contributed by atoms with Crippen LogP contribution in [0.1, 0.15) is 87.1 Å². The first-order chi connectivity index (χ1) is 19.2. The number of benzene rings is 2. The van der Waals surface area contributed by atoms with Crippen molar-refractivity contribution in [1.29, 1.82) is 0 Å². The zero-order valence-corrected chi connectivity index (χ0v) is 25.5. The Bertz CT molecular complexity index is 1050. The van der Waals surface area contributed by atoms with Gasteiger partial charge in [0.1, 0.15) is 19.6 Å². The number of primary amides is 1. The average Bonchev–Trinajstić information content (AvgIpc) is 2.90. The maximum atomic E-state index is 10.8. The molecule has 0 aliphatic heterocycles. The number of carbonyl (C=O) groups is 1. The van der Waals surface area contributed by atoms with Crippen molar-refractivity contribution >= 4 is 25.9 Å². The molecule has 0 saturated carbocycles. The third kappa shape index (κ3) is 16.3. The molecule has 4 N–H and O–H groups in total. The predicted molar refractivity (Wildman–Crippen MR) is 162 cm³/mol. The van der Waals surface area contributed by atoms with Gasteiger partial charge in [0.15, 0.2) is 9.15 Å². The molecule has 0 aliphatic carbocycles. The Kier molecular flexibility index (Phi) is 18.8. The minimum Gasteiger partial charge on any atom is -0.739 e. The Balaban J connectivity index is 0.000000479. The number of hydrogen-bond acceptors (Lipinski definition) is 7. The second kappa shape index (κ2) is 20.9. The first-order valence-corrected chi connectivity index (χ1v) is 17.1. The second-order valence-corrected chi connectivity index (χ2v) is 13.3. The highest BCUT2D eigenvalue weighted by Crippen LogP contribution is 2.26. The molecular formula is C30H48N2O6S2. The van der Waals surface area contributed by atoms with Crippen LogP contribution in [0.3, 0.4) is 0 Å². The number of rotatable bonds is 20. The van der Waals surface area contributed by atoms with Gasteiger partial charge in [-0.2, -0.15) is 0 Å². The van der Waals surface area contributed by atoms with Gasteiger partial charge in [0, 0.05) is 10.5 Å². The highest BCUT2D eigenvalue weighted by molar-refractivity contribution is 8.69. The van der Waals surface area contributed by atoms with Crippen LogP contribution in [-0.4, -0.2) is 66.4 Å². The van der Waals surface area contributed by atoms with E-state index in [-0.39, 0.29) is 34.5 Å². The lowest BCUT2D eigenvalue weighted by Gasteiger charge is -2.38. The van der Waals surface area contributed by atoms with Gasteiger partial charge in [0.2, 0.25) is 5.91 Å². The molecule has 0 bridgehead atoms. The van der Waals surface area contributed by atoms with Gasteiger partial charge in [-0.25, -0.2) is 8.42 Å². The molecule has 0 atom stereocenters. The lowest BCUT2D eigenvalue weighted by atomic mass is 10.1. The Labute approximate surface area is 244 Å². The molecule has 2 aromatic rings. The quantitative estimate of drug-likeness (QED) is 0.0821. The Morgan fingerprint density at radius 2 is 1.30 bits per heavy atom. The molecule has 0 heterocycles. The zero-order chi connectivity index (χ0) is 29.7. The Morgan fingerprint density at radius 3 is 1.80 bits per heavy atom. The van der Waals surface area contributed by atoms with Gasteiger partial charge in [-0.05, 0) is 35.8 Å². The molecule has 1 amide bonds.